The minimum atomic E-state index is -0.281. The van der Waals surface area contributed by atoms with Gasteiger partial charge in [0.05, 0.1) is 11.3 Å². The van der Waals surface area contributed by atoms with Crippen LogP contribution in [0.2, 0.25) is 0 Å². The lowest BCUT2D eigenvalue weighted by Crippen LogP contribution is -2.14. The second-order valence-corrected chi connectivity index (χ2v) is 5.63. The van der Waals surface area contributed by atoms with Crippen LogP contribution >= 0.6 is 11.6 Å². The molecule has 6 heteroatoms. The number of alkyl halides is 1. The SMILES string of the molecule is Cc1ccc2c(c1)Oc1ccc(NC(=O)CCCl)cc1C(=O)N2. The Morgan fingerprint density at radius 3 is 2.83 bits per heavy atom. The van der Waals surface area contributed by atoms with Crippen LogP contribution in [0.25, 0.3) is 0 Å². The Morgan fingerprint density at radius 1 is 1.22 bits per heavy atom. The zero-order valence-corrected chi connectivity index (χ0v) is 13.2. The Morgan fingerprint density at radius 2 is 2.04 bits per heavy atom. The van der Waals surface area contributed by atoms with Crippen LogP contribution in [0, 0.1) is 6.92 Å². The predicted octanol–water partition coefficient (Wildman–Crippen LogP) is 3.92. The maximum atomic E-state index is 12.4. The van der Waals surface area contributed by atoms with E-state index in [9.17, 15) is 9.59 Å². The van der Waals surface area contributed by atoms with Crippen molar-refractivity contribution in [1.29, 1.82) is 0 Å². The molecule has 0 aliphatic carbocycles. The van der Waals surface area contributed by atoms with Crippen LogP contribution in [0.3, 0.4) is 0 Å². The maximum absolute atomic E-state index is 12.4. The van der Waals surface area contributed by atoms with E-state index in [1.165, 1.54) is 0 Å². The van der Waals surface area contributed by atoms with Gasteiger partial charge in [-0.05, 0) is 42.8 Å². The summed E-state index contributed by atoms with van der Waals surface area (Å²) < 4.78 is 5.84. The number of fused-ring (bicyclic) bond motifs is 2. The monoisotopic (exact) mass is 330 g/mol. The van der Waals surface area contributed by atoms with Gasteiger partial charge in [-0.1, -0.05) is 6.07 Å². The van der Waals surface area contributed by atoms with E-state index in [4.69, 9.17) is 16.3 Å². The molecule has 0 unspecified atom stereocenters. The molecular formula is C17H15ClN2O3. The van der Waals surface area contributed by atoms with Gasteiger partial charge in [0.25, 0.3) is 5.91 Å². The topological polar surface area (TPSA) is 67.4 Å². The summed E-state index contributed by atoms with van der Waals surface area (Å²) in [4.78, 5) is 24.0. The minimum Gasteiger partial charge on any atom is -0.454 e. The summed E-state index contributed by atoms with van der Waals surface area (Å²) >= 11 is 5.54. The second-order valence-electron chi connectivity index (χ2n) is 5.25. The number of ether oxygens (including phenoxy) is 1. The predicted molar refractivity (Wildman–Crippen MR) is 89.6 cm³/mol. The van der Waals surface area contributed by atoms with E-state index in [0.717, 1.165) is 5.56 Å². The lowest BCUT2D eigenvalue weighted by molar-refractivity contribution is -0.115. The Hall–Kier alpha value is -2.53. The Balaban J connectivity index is 1.93. The number of halogens is 1. The molecule has 1 heterocycles. The van der Waals surface area contributed by atoms with Gasteiger partial charge < -0.3 is 15.4 Å². The molecule has 3 rings (SSSR count). The van der Waals surface area contributed by atoms with Crippen molar-refractivity contribution in [2.24, 2.45) is 0 Å². The number of rotatable bonds is 3. The van der Waals surface area contributed by atoms with Gasteiger partial charge in [0.1, 0.15) is 5.75 Å². The van der Waals surface area contributed by atoms with Crippen LogP contribution in [-0.4, -0.2) is 17.7 Å². The van der Waals surface area contributed by atoms with Crippen LogP contribution in [0.5, 0.6) is 11.5 Å². The smallest absolute Gasteiger partial charge is 0.259 e. The summed E-state index contributed by atoms with van der Waals surface area (Å²) in [5.74, 6) is 0.803. The van der Waals surface area contributed by atoms with Gasteiger partial charge in [-0.3, -0.25) is 9.59 Å². The number of amides is 2. The first kappa shape index (κ1) is 15.4. The summed E-state index contributed by atoms with van der Waals surface area (Å²) in [6.45, 7) is 1.95. The number of benzene rings is 2. The number of hydrogen-bond donors (Lipinski definition) is 2. The van der Waals surface area contributed by atoms with Gasteiger partial charge in [-0.2, -0.15) is 0 Å². The van der Waals surface area contributed by atoms with E-state index >= 15 is 0 Å². The zero-order chi connectivity index (χ0) is 16.4. The average Bonchev–Trinajstić information content (AvgIpc) is 2.64. The molecule has 2 aromatic rings. The lowest BCUT2D eigenvalue weighted by atomic mass is 10.1. The Kier molecular flexibility index (Phi) is 4.21. The molecule has 0 saturated heterocycles. The molecule has 0 atom stereocenters. The Bertz CT molecular complexity index is 789. The van der Waals surface area contributed by atoms with E-state index < -0.39 is 0 Å². The van der Waals surface area contributed by atoms with Crippen molar-refractivity contribution in [1.82, 2.24) is 0 Å². The summed E-state index contributed by atoms with van der Waals surface area (Å²) in [6, 6.07) is 10.5. The molecule has 2 aromatic carbocycles. The van der Waals surface area contributed by atoms with E-state index in [1.807, 2.05) is 19.1 Å². The second kappa shape index (κ2) is 6.30. The Labute approximate surface area is 138 Å². The molecule has 1 aliphatic rings. The molecule has 1 aliphatic heterocycles. The number of aryl methyl sites for hydroxylation is 1. The highest BCUT2D eigenvalue weighted by atomic mass is 35.5. The molecule has 0 radical (unpaired) electrons. The average molecular weight is 331 g/mol. The molecule has 0 fully saturated rings. The van der Waals surface area contributed by atoms with Crippen molar-refractivity contribution in [3.8, 4) is 11.5 Å². The summed E-state index contributed by atoms with van der Waals surface area (Å²) in [5, 5.41) is 5.52. The van der Waals surface area contributed by atoms with Crippen LogP contribution < -0.4 is 15.4 Å². The van der Waals surface area contributed by atoms with Gasteiger partial charge in [-0.25, -0.2) is 0 Å². The van der Waals surface area contributed by atoms with Crippen LogP contribution in [0.1, 0.15) is 22.3 Å². The quantitative estimate of drug-likeness (QED) is 0.838. The van der Waals surface area contributed by atoms with Crippen LogP contribution in [0.15, 0.2) is 36.4 Å². The first-order chi connectivity index (χ1) is 11.1. The normalized spacial score (nSPS) is 12.3. The van der Waals surface area contributed by atoms with Crippen molar-refractivity contribution in [3.05, 3.63) is 47.5 Å². The van der Waals surface area contributed by atoms with Crippen molar-refractivity contribution in [2.75, 3.05) is 16.5 Å². The highest BCUT2D eigenvalue weighted by molar-refractivity contribution is 6.19. The molecular weight excluding hydrogens is 316 g/mol. The fraction of sp³-hybridized carbons (Fsp3) is 0.176. The third-order valence-corrected chi connectivity index (χ3v) is 3.62. The van der Waals surface area contributed by atoms with Crippen molar-refractivity contribution in [3.63, 3.8) is 0 Å². The van der Waals surface area contributed by atoms with E-state index in [2.05, 4.69) is 10.6 Å². The van der Waals surface area contributed by atoms with Gasteiger partial charge in [0.2, 0.25) is 5.91 Å². The molecule has 23 heavy (non-hydrogen) atoms. The number of anilines is 2. The van der Waals surface area contributed by atoms with E-state index in [-0.39, 0.29) is 24.1 Å². The minimum absolute atomic E-state index is 0.200. The van der Waals surface area contributed by atoms with Crippen molar-refractivity contribution < 1.29 is 14.3 Å². The highest BCUT2D eigenvalue weighted by Crippen LogP contribution is 2.37. The first-order valence-electron chi connectivity index (χ1n) is 7.16. The molecule has 5 nitrogen and oxygen atoms in total. The lowest BCUT2D eigenvalue weighted by Gasteiger charge is -2.10. The summed E-state index contributed by atoms with van der Waals surface area (Å²) in [7, 11) is 0. The molecule has 2 amide bonds. The van der Waals surface area contributed by atoms with Crippen molar-refractivity contribution in [2.45, 2.75) is 13.3 Å². The highest BCUT2D eigenvalue weighted by Gasteiger charge is 2.21. The first-order valence-corrected chi connectivity index (χ1v) is 7.70. The fourth-order valence-electron chi connectivity index (χ4n) is 2.31. The molecule has 0 saturated carbocycles. The van der Waals surface area contributed by atoms with E-state index in [1.54, 1.807) is 24.3 Å². The third-order valence-electron chi connectivity index (χ3n) is 3.43. The van der Waals surface area contributed by atoms with E-state index in [0.29, 0.717) is 28.4 Å². The molecule has 118 valence electrons. The number of nitrogens with one attached hydrogen (secondary N) is 2. The van der Waals surface area contributed by atoms with Gasteiger partial charge in [-0.15, -0.1) is 11.6 Å². The summed E-state index contributed by atoms with van der Waals surface area (Å²) in [6.07, 6.45) is 0.214. The van der Waals surface area contributed by atoms with Gasteiger partial charge >= 0.3 is 0 Å². The summed E-state index contributed by atoms with van der Waals surface area (Å²) in [5.41, 5.74) is 2.54. The zero-order valence-electron chi connectivity index (χ0n) is 12.5. The molecule has 0 aromatic heterocycles. The third kappa shape index (κ3) is 3.29. The largest absolute Gasteiger partial charge is 0.454 e. The van der Waals surface area contributed by atoms with Crippen LogP contribution in [-0.2, 0) is 4.79 Å². The number of carbonyl (C=O) groups excluding carboxylic acids is 2. The molecule has 0 spiro atoms. The van der Waals surface area contributed by atoms with Gasteiger partial charge in [0.15, 0.2) is 5.75 Å². The standard InChI is InChI=1S/C17H15ClN2O3/c1-10-2-4-13-15(8-10)23-14-5-3-11(19-16(21)6-7-18)9-12(14)17(22)20-13/h2-5,8-9H,6-7H2,1H3,(H,19,21)(H,20,22). The maximum Gasteiger partial charge on any atom is 0.259 e. The fourth-order valence-corrected chi connectivity index (χ4v) is 2.48. The molecule has 0 bridgehead atoms. The van der Waals surface area contributed by atoms with Crippen molar-refractivity contribution >= 4 is 34.8 Å². The van der Waals surface area contributed by atoms with Gasteiger partial charge in [0, 0.05) is 18.0 Å². The molecule has 2 N–H and O–H groups in total. The number of carbonyl (C=O) groups is 2. The number of hydrogen-bond acceptors (Lipinski definition) is 3. The van der Waals surface area contributed by atoms with Crippen LogP contribution in [0.4, 0.5) is 11.4 Å².